The molecule has 2 aromatic heterocycles. The smallest absolute Gasteiger partial charge is 0.0705 e. The predicted octanol–water partition coefficient (Wildman–Crippen LogP) is 3.96. The molecule has 0 fully saturated rings. The van der Waals surface area contributed by atoms with Gasteiger partial charge in [-0.2, -0.15) is 11.3 Å². The summed E-state index contributed by atoms with van der Waals surface area (Å²) < 4.78 is 0. The molecule has 19 heavy (non-hydrogen) atoms. The fourth-order valence-corrected chi connectivity index (χ4v) is 3.20. The van der Waals surface area contributed by atoms with E-state index < -0.39 is 0 Å². The van der Waals surface area contributed by atoms with Crippen LogP contribution in [0.1, 0.15) is 28.4 Å². The topological polar surface area (TPSA) is 38.9 Å². The largest absolute Gasteiger partial charge is 0.320 e. The molecule has 3 aromatic rings. The molecular formula is C16H16N2S. The molecule has 0 aliphatic heterocycles. The van der Waals surface area contributed by atoms with Crippen LogP contribution < -0.4 is 5.73 Å². The van der Waals surface area contributed by atoms with Gasteiger partial charge in [-0.05, 0) is 59.5 Å². The maximum atomic E-state index is 6.37. The van der Waals surface area contributed by atoms with Gasteiger partial charge in [-0.25, -0.2) is 0 Å². The summed E-state index contributed by atoms with van der Waals surface area (Å²) >= 11 is 1.70. The lowest BCUT2D eigenvalue weighted by Crippen LogP contribution is -2.11. The summed E-state index contributed by atoms with van der Waals surface area (Å²) in [5.74, 6) is 0. The summed E-state index contributed by atoms with van der Waals surface area (Å²) in [7, 11) is 0. The van der Waals surface area contributed by atoms with Gasteiger partial charge >= 0.3 is 0 Å². The molecule has 3 heteroatoms. The normalized spacial score (nSPS) is 12.8. The van der Waals surface area contributed by atoms with Crippen LogP contribution in [-0.2, 0) is 0 Å². The zero-order valence-corrected chi connectivity index (χ0v) is 11.9. The Morgan fingerprint density at radius 3 is 2.68 bits per heavy atom. The molecule has 0 aliphatic carbocycles. The molecule has 2 N–H and O–H groups in total. The van der Waals surface area contributed by atoms with Crippen molar-refractivity contribution in [3.05, 3.63) is 63.5 Å². The van der Waals surface area contributed by atoms with E-state index in [2.05, 4.69) is 46.9 Å². The van der Waals surface area contributed by atoms with Gasteiger partial charge < -0.3 is 5.73 Å². The van der Waals surface area contributed by atoms with Gasteiger partial charge in [-0.3, -0.25) is 4.98 Å². The molecule has 0 amide bonds. The minimum Gasteiger partial charge on any atom is -0.320 e. The number of nitrogens with two attached hydrogens (primary N) is 1. The van der Waals surface area contributed by atoms with Crippen LogP contribution in [0.5, 0.6) is 0 Å². The van der Waals surface area contributed by atoms with Gasteiger partial charge in [0.1, 0.15) is 0 Å². The van der Waals surface area contributed by atoms with Crippen molar-refractivity contribution in [1.29, 1.82) is 0 Å². The number of aromatic nitrogens is 1. The molecule has 1 aromatic carbocycles. The highest BCUT2D eigenvalue weighted by Gasteiger charge is 2.12. The minimum atomic E-state index is -0.0584. The number of fused-ring (bicyclic) bond motifs is 1. The second-order valence-electron chi connectivity index (χ2n) is 4.89. The van der Waals surface area contributed by atoms with E-state index in [9.17, 15) is 0 Å². The fraction of sp³-hybridized carbons (Fsp3) is 0.188. The van der Waals surface area contributed by atoms with E-state index >= 15 is 0 Å². The summed E-state index contributed by atoms with van der Waals surface area (Å²) in [6.07, 6.45) is 0. The zero-order chi connectivity index (χ0) is 13.4. The van der Waals surface area contributed by atoms with Crippen LogP contribution in [0.25, 0.3) is 10.9 Å². The van der Waals surface area contributed by atoms with Crippen LogP contribution in [0.4, 0.5) is 0 Å². The number of hydrogen-bond acceptors (Lipinski definition) is 3. The third-order valence-electron chi connectivity index (χ3n) is 3.44. The van der Waals surface area contributed by atoms with Crippen molar-refractivity contribution in [2.45, 2.75) is 19.9 Å². The molecule has 2 heterocycles. The SMILES string of the molecule is Cc1ccc2cc(C(N)c3cscc3C)ccc2n1. The standard InChI is InChI=1S/C16H16N2S/c1-10-8-19-9-14(10)16(17)13-5-6-15-12(7-13)4-3-11(2)18-15/h3-9,16H,17H2,1-2H3. The Morgan fingerprint density at radius 1 is 1.11 bits per heavy atom. The number of rotatable bonds is 2. The van der Waals surface area contributed by atoms with Crippen LogP contribution >= 0.6 is 11.3 Å². The Morgan fingerprint density at radius 2 is 1.95 bits per heavy atom. The van der Waals surface area contributed by atoms with Gasteiger partial charge in [0.2, 0.25) is 0 Å². The molecule has 3 rings (SSSR count). The summed E-state index contributed by atoms with van der Waals surface area (Å²) in [5.41, 5.74) is 12.0. The first kappa shape index (κ1) is 12.3. The van der Waals surface area contributed by atoms with Crippen molar-refractivity contribution >= 4 is 22.2 Å². The highest BCUT2D eigenvalue weighted by molar-refractivity contribution is 7.08. The van der Waals surface area contributed by atoms with E-state index in [1.54, 1.807) is 11.3 Å². The highest BCUT2D eigenvalue weighted by atomic mass is 32.1. The Hall–Kier alpha value is -1.71. The van der Waals surface area contributed by atoms with Crippen molar-refractivity contribution in [2.24, 2.45) is 5.73 Å². The fourth-order valence-electron chi connectivity index (χ4n) is 2.31. The van der Waals surface area contributed by atoms with Crippen LogP contribution in [0.2, 0.25) is 0 Å². The summed E-state index contributed by atoms with van der Waals surface area (Å²) in [6, 6.07) is 10.4. The van der Waals surface area contributed by atoms with Crippen molar-refractivity contribution in [3.63, 3.8) is 0 Å². The number of hydrogen-bond donors (Lipinski definition) is 1. The van der Waals surface area contributed by atoms with Gasteiger partial charge in [-0.15, -0.1) is 0 Å². The van der Waals surface area contributed by atoms with Gasteiger partial charge in [0.25, 0.3) is 0 Å². The van der Waals surface area contributed by atoms with Crippen LogP contribution in [0.15, 0.2) is 41.1 Å². The quantitative estimate of drug-likeness (QED) is 0.764. The number of thiophene rings is 1. The van der Waals surface area contributed by atoms with E-state index in [0.717, 1.165) is 22.2 Å². The average Bonchev–Trinajstić information content (AvgIpc) is 2.83. The number of nitrogens with zero attached hydrogens (tertiary/aromatic N) is 1. The van der Waals surface area contributed by atoms with Crippen molar-refractivity contribution in [3.8, 4) is 0 Å². The van der Waals surface area contributed by atoms with Crippen molar-refractivity contribution in [1.82, 2.24) is 4.98 Å². The van der Waals surface area contributed by atoms with Gasteiger partial charge in [0, 0.05) is 11.1 Å². The summed E-state index contributed by atoms with van der Waals surface area (Å²) in [5, 5.41) is 5.42. The molecule has 2 nitrogen and oxygen atoms in total. The minimum absolute atomic E-state index is 0.0584. The lowest BCUT2D eigenvalue weighted by Gasteiger charge is -2.13. The van der Waals surface area contributed by atoms with E-state index in [0.29, 0.717) is 0 Å². The van der Waals surface area contributed by atoms with E-state index in [-0.39, 0.29) is 6.04 Å². The Balaban J connectivity index is 2.06. The Labute approximate surface area is 116 Å². The zero-order valence-electron chi connectivity index (χ0n) is 11.1. The lowest BCUT2D eigenvalue weighted by molar-refractivity contribution is 0.870. The van der Waals surface area contributed by atoms with E-state index in [1.807, 2.05) is 13.0 Å². The van der Waals surface area contributed by atoms with E-state index in [4.69, 9.17) is 5.73 Å². The number of benzene rings is 1. The Bertz CT molecular complexity index is 730. The molecule has 0 saturated carbocycles. The second kappa shape index (κ2) is 4.76. The number of aryl methyl sites for hydroxylation is 2. The van der Waals surface area contributed by atoms with Crippen LogP contribution in [-0.4, -0.2) is 4.98 Å². The van der Waals surface area contributed by atoms with Gasteiger partial charge in [0.15, 0.2) is 0 Å². The first-order valence-electron chi connectivity index (χ1n) is 6.31. The molecule has 96 valence electrons. The summed E-state index contributed by atoms with van der Waals surface area (Å²) in [4.78, 5) is 4.52. The molecule has 0 saturated heterocycles. The molecule has 1 atom stereocenters. The van der Waals surface area contributed by atoms with Crippen LogP contribution in [0.3, 0.4) is 0 Å². The van der Waals surface area contributed by atoms with Gasteiger partial charge in [0.05, 0.1) is 11.6 Å². The molecular weight excluding hydrogens is 252 g/mol. The third-order valence-corrected chi connectivity index (χ3v) is 4.32. The molecule has 1 unspecified atom stereocenters. The summed E-state index contributed by atoms with van der Waals surface area (Å²) in [6.45, 7) is 4.12. The van der Waals surface area contributed by atoms with Gasteiger partial charge in [-0.1, -0.05) is 12.1 Å². The molecule has 0 spiro atoms. The third kappa shape index (κ3) is 2.27. The maximum Gasteiger partial charge on any atom is 0.0705 e. The first-order valence-corrected chi connectivity index (χ1v) is 7.25. The second-order valence-corrected chi connectivity index (χ2v) is 5.64. The first-order chi connectivity index (χ1) is 9.15. The average molecular weight is 268 g/mol. The molecule has 0 radical (unpaired) electrons. The number of pyridine rings is 1. The highest BCUT2D eigenvalue weighted by Crippen LogP contribution is 2.27. The lowest BCUT2D eigenvalue weighted by atomic mass is 9.98. The van der Waals surface area contributed by atoms with Crippen LogP contribution in [0, 0.1) is 13.8 Å². The molecule has 0 bridgehead atoms. The van der Waals surface area contributed by atoms with Crippen molar-refractivity contribution < 1.29 is 0 Å². The van der Waals surface area contributed by atoms with Crippen molar-refractivity contribution in [2.75, 3.05) is 0 Å². The molecule has 0 aliphatic rings. The predicted molar refractivity (Wildman–Crippen MR) is 81.6 cm³/mol. The Kier molecular flexibility index (Phi) is 3.09. The van der Waals surface area contributed by atoms with E-state index in [1.165, 1.54) is 11.1 Å². The monoisotopic (exact) mass is 268 g/mol. The maximum absolute atomic E-state index is 6.37.